The van der Waals surface area contributed by atoms with Crippen LogP contribution in [0.1, 0.15) is 62.4 Å². The molecule has 1 aliphatic heterocycles. The third kappa shape index (κ3) is 5.09. The van der Waals surface area contributed by atoms with Crippen molar-refractivity contribution in [1.82, 2.24) is 24.6 Å². The van der Waals surface area contributed by atoms with Crippen molar-refractivity contribution in [3.05, 3.63) is 112 Å². The van der Waals surface area contributed by atoms with Gasteiger partial charge in [-0.25, -0.2) is 19.6 Å². The number of amides is 2. The van der Waals surface area contributed by atoms with Crippen molar-refractivity contribution in [3.63, 3.8) is 0 Å². The van der Waals surface area contributed by atoms with E-state index in [4.69, 9.17) is 9.47 Å². The first-order chi connectivity index (χ1) is 21.5. The first-order valence-corrected chi connectivity index (χ1v) is 15.4. The molecule has 2 unspecified atom stereocenters. The van der Waals surface area contributed by atoms with Gasteiger partial charge in [0.1, 0.15) is 23.0 Å². The Morgan fingerprint density at radius 1 is 0.932 bits per heavy atom. The molecule has 11 heteroatoms. The molecule has 3 aromatic heterocycles. The van der Waals surface area contributed by atoms with Crippen LogP contribution >= 0.6 is 11.3 Å². The molecule has 0 saturated carbocycles. The minimum Gasteiger partial charge on any atom is -0.461 e. The summed E-state index contributed by atoms with van der Waals surface area (Å²) >= 11 is 1.28. The molecule has 0 radical (unpaired) electrons. The van der Waals surface area contributed by atoms with Crippen molar-refractivity contribution in [2.75, 3.05) is 19.8 Å². The van der Waals surface area contributed by atoms with Crippen LogP contribution in [-0.4, -0.2) is 63.0 Å². The van der Waals surface area contributed by atoms with E-state index in [1.165, 1.54) is 11.3 Å². The Hall–Kier alpha value is -5.03. The lowest BCUT2D eigenvalue weighted by atomic mass is 9.98. The molecule has 1 aliphatic carbocycles. The third-order valence-electron chi connectivity index (χ3n) is 8.10. The minimum atomic E-state index is -0.552. The Kier molecular flexibility index (Phi) is 7.31. The average molecular weight is 608 g/mol. The SMILES string of the molecule is CCOC(=O)c1csc(C2CC(NC(=O)OCC3c4ccccc4-c4ccccc43)CN2C(=O)c2cn3ccccc3n2)n1. The van der Waals surface area contributed by atoms with Crippen molar-refractivity contribution in [1.29, 1.82) is 0 Å². The smallest absolute Gasteiger partial charge is 0.407 e. The van der Waals surface area contributed by atoms with Gasteiger partial charge in [-0.15, -0.1) is 11.3 Å². The van der Waals surface area contributed by atoms with E-state index in [9.17, 15) is 14.4 Å². The second kappa shape index (κ2) is 11.6. The summed E-state index contributed by atoms with van der Waals surface area (Å²) in [7, 11) is 0. The number of ether oxygens (including phenoxy) is 2. The normalized spacial score (nSPS) is 17.3. The Bertz CT molecular complexity index is 1800. The number of aromatic nitrogens is 3. The molecule has 1 fully saturated rings. The number of rotatable bonds is 7. The number of hydrogen-bond acceptors (Lipinski definition) is 8. The van der Waals surface area contributed by atoms with Crippen LogP contribution in [-0.2, 0) is 9.47 Å². The van der Waals surface area contributed by atoms with Gasteiger partial charge in [0.2, 0.25) is 0 Å². The summed E-state index contributed by atoms with van der Waals surface area (Å²) in [5.74, 6) is -0.864. The third-order valence-corrected chi connectivity index (χ3v) is 9.05. The fraction of sp³-hybridized carbons (Fsp3) is 0.242. The summed E-state index contributed by atoms with van der Waals surface area (Å²) in [6, 6.07) is 21.0. The van der Waals surface area contributed by atoms with Crippen LogP contribution < -0.4 is 5.32 Å². The van der Waals surface area contributed by atoms with Crippen molar-refractivity contribution in [2.45, 2.75) is 31.3 Å². The van der Waals surface area contributed by atoms with Crippen LogP contribution in [0.25, 0.3) is 16.8 Å². The first-order valence-electron chi connectivity index (χ1n) is 14.5. The van der Waals surface area contributed by atoms with Gasteiger partial charge in [-0.2, -0.15) is 0 Å². The monoisotopic (exact) mass is 607 g/mol. The fourth-order valence-corrected chi connectivity index (χ4v) is 7.04. The fourth-order valence-electron chi connectivity index (χ4n) is 6.13. The zero-order chi connectivity index (χ0) is 30.2. The number of hydrogen-bond donors (Lipinski definition) is 1. The summed E-state index contributed by atoms with van der Waals surface area (Å²) in [5.41, 5.74) is 5.70. The molecule has 2 aliphatic rings. The summed E-state index contributed by atoms with van der Waals surface area (Å²) in [6.45, 7) is 2.39. The molecule has 2 amide bonds. The quantitative estimate of drug-likeness (QED) is 0.244. The van der Waals surface area contributed by atoms with Crippen molar-refractivity contribution in [3.8, 4) is 11.1 Å². The zero-order valence-electron chi connectivity index (χ0n) is 23.9. The van der Waals surface area contributed by atoms with Gasteiger partial charge in [0.25, 0.3) is 5.91 Å². The molecule has 0 bridgehead atoms. The van der Waals surface area contributed by atoms with Gasteiger partial charge in [0.05, 0.1) is 18.7 Å². The van der Waals surface area contributed by atoms with E-state index in [0.29, 0.717) is 17.1 Å². The standard InChI is InChI=1S/C33H29N5O5S/c1-2-42-32(40)27-19-44-30(36-27)28-15-20(16-38(28)31(39)26-17-37-14-8-7-13-29(37)35-26)34-33(41)43-18-25-23-11-5-3-9-21(23)22-10-4-6-12-24(22)25/h3-14,17,19-20,25,28H,2,15-16,18H2,1H3,(H,34,41). The maximum atomic E-state index is 13.8. The number of nitrogens with one attached hydrogen (secondary N) is 1. The van der Waals surface area contributed by atoms with Gasteiger partial charge >= 0.3 is 12.1 Å². The highest BCUT2D eigenvalue weighted by Crippen LogP contribution is 2.44. The lowest BCUT2D eigenvalue weighted by Crippen LogP contribution is -2.39. The number of benzene rings is 2. The van der Waals surface area contributed by atoms with E-state index in [2.05, 4.69) is 39.6 Å². The second-order valence-corrected chi connectivity index (χ2v) is 11.6. The molecule has 2 atom stereocenters. The van der Waals surface area contributed by atoms with E-state index in [0.717, 1.165) is 22.3 Å². The van der Waals surface area contributed by atoms with E-state index in [1.807, 2.05) is 48.7 Å². The summed E-state index contributed by atoms with van der Waals surface area (Å²) in [4.78, 5) is 49.9. The second-order valence-electron chi connectivity index (χ2n) is 10.8. The average Bonchev–Trinajstić information content (AvgIpc) is 3.84. The molecule has 0 spiro atoms. The molecule has 10 nitrogen and oxygen atoms in total. The van der Waals surface area contributed by atoms with Gasteiger partial charge in [-0.05, 0) is 47.7 Å². The predicted octanol–water partition coefficient (Wildman–Crippen LogP) is 5.46. The Morgan fingerprint density at radius 2 is 1.66 bits per heavy atom. The highest BCUT2D eigenvalue weighted by Gasteiger charge is 2.40. The van der Waals surface area contributed by atoms with Gasteiger partial charge in [0.15, 0.2) is 5.69 Å². The number of pyridine rings is 1. The predicted molar refractivity (Wildman–Crippen MR) is 164 cm³/mol. The van der Waals surface area contributed by atoms with Gasteiger partial charge in [-0.3, -0.25) is 4.79 Å². The number of fused-ring (bicyclic) bond motifs is 4. The number of likely N-dealkylation sites (tertiary alicyclic amines) is 1. The van der Waals surface area contributed by atoms with Crippen LogP contribution in [0.4, 0.5) is 4.79 Å². The van der Waals surface area contributed by atoms with Gasteiger partial charge in [0, 0.05) is 30.2 Å². The maximum Gasteiger partial charge on any atom is 0.407 e. The van der Waals surface area contributed by atoms with Crippen LogP contribution in [0.5, 0.6) is 0 Å². The number of imidazole rings is 1. The molecule has 7 rings (SSSR count). The highest BCUT2D eigenvalue weighted by atomic mass is 32.1. The largest absolute Gasteiger partial charge is 0.461 e. The number of esters is 1. The van der Waals surface area contributed by atoms with E-state index in [1.54, 1.807) is 27.8 Å². The molecule has 44 heavy (non-hydrogen) atoms. The summed E-state index contributed by atoms with van der Waals surface area (Å²) in [6.07, 6.45) is 3.37. The Balaban J connectivity index is 1.09. The Labute approximate surface area is 257 Å². The number of nitrogens with zero attached hydrogens (tertiary/aromatic N) is 4. The number of thiazole rings is 1. The lowest BCUT2D eigenvalue weighted by Gasteiger charge is -2.22. The van der Waals surface area contributed by atoms with Gasteiger partial charge < -0.3 is 24.1 Å². The highest BCUT2D eigenvalue weighted by molar-refractivity contribution is 7.09. The first kappa shape index (κ1) is 27.8. The van der Waals surface area contributed by atoms with Gasteiger partial charge in [-0.1, -0.05) is 54.6 Å². The van der Waals surface area contributed by atoms with Crippen LogP contribution in [0.2, 0.25) is 0 Å². The number of alkyl carbamates (subject to hydrolysis) is 1. The van der Waals surface area contributed by atoms with Crippen LogP contribution in [0, 0.1) is 0 Å². The van der Waals surface area contributed by atoms with Crippen LogP contribution in [0.15, 0.2) is 84.5 Å². The molecule has 222 valence electrons. The Morgan fingerprint density at radius 3 is 2.39 bits per heavy atom. The van der Waals surface area contributed by atoms with E-state index >= 15 is 0 Å². The minimum absolute atomic E-state index is 0.0609. The molecule has 1 saturated heterocycles. The molecule has 2 aromatic carbocycles. The summed E-state index contributed by atoms with van der Waals surface area (Å²) in [5, 5.41) is 5.19. The topological polar surface area (TPSA) is 115 Å². The molecular formula is C33H29N5O5S. The number of carbonyl (C=O) groups is 3. The molecule has 1 N–H and O–H groups in total. The molecule has 4 heterocycles. The molecule has 5 aromatic rings. The summed E-state index contributed by atoms with van der Waals surface area (Å²) < 4.78 is 12.7. The zero-order valence-corrected chi connectivity index (χ0v) is 24.7. The van der Waals surface area contributed by atoms with Crippen LogP contribution in [0.3, 0.4) is 0 Å². The number of carbonyl (C=O) groups excluding carboxylic acids is 3. The lowest BCUT2D eigenvalue weighted by molar-refractivity contribution is 0.0520. The van der Waals surface area contributed by atoms with E-state index in [-0.39, 0.29) is 43.0 Å². The van der Waals surface area contributed by atoms with Crippen molar-refractivity contribution >= 4 is 35.0 Å². The van der Waals surface area contributed by atoms with Crippen molar-refractivity contribution < 1.29 is 23.9 Å². The van der Waals surface area contributed by atoms with E-state index < -0.39 is 24.1 Å². The maximum absolute atomic E-state index is 13.8. The molecular weight excluding hydrogens is 578 g/mol. The van der Waals surface area contributed by atoms with Crippen molar-refractivity contribution in [2.24, 2.45) is 0 Å².